The molecule has 3 heterocycles. The summed E-state index contributed by atoms with van der Waals surface area (Å²) in [5, 5.41) is 16.8. The SMILES string of the molecule is O=C(NCc1ccccc1)C12NCC3CC1CN(Cc1ccc(O)cc1)C2C3Cc1ccccc1. The summed E-state index contributed by atoms with van der Waals surface area (Å²) in [6.45, 7) is 3.15. The number of phenols is 1. The lowest BCUT2D eigenvalue weighted by Gasteiger charge is -2.56. The standard InChI is InChI=1S/C30H33N3O2/c34-26-13-11-23(12-14-26)19-33-20-25-16-24-18-32-30(25,29(35)31-17-22-9-5-2-6-10-22)28(33)27(24)15-21-7-3-1-4-8-21/h1-14,24-25,27-28,32,34H,15-20H2,(H,31,35). The molecule has 0 aromatic heterocycles. The van der Waals surface area contributed by atoms with Crippen LogP contribution in [-0.4, -0.2) is 40.6 Å². The van der Waals surface area contributed by atoms with Crippen LogP contribution in [0.1, 0.15) is 23.1 Å². The average molecular weight is 468 g/mol. The highest BCUT2D eigenvalue weighted by Crippen LogP contribution is 2.53. The quantitative estimate of drug-likeness (QED) is 0.496. The number of piperidine rings is 2. The van der Waals surface area contributed by atoms with Gasteiger partial charge in [-0.2, -0.15) is 0 Å². The summed E-state index contributed by atoms with van der Waals surface area (Å²) in [5.74, 6) is 1.70. The van der Waals surface area contributed by atoms with Crippen LogP contribution in [0, 0.1) is 17.8 Å². The third-order valence-corrected chi connectivity index (χ3v) is 8.52. The van der Waals surface area contributed by atoms with E-state index in [0.29, 0.717) is 24.3 Å². The van der Waals surface area contributed by atoms with Crippen LogP contribution in [-0.2, 0) is 24.3 Å². The minimum absolute atomic E-state index is 0.129. The number of benzene rings is 3. The highest BCUT2D eigenvalue weighted by Gasteiger charge is 2.67. The van der Waals surface area contributed by atoms with E-state index in [9.17, 15) is 9.90 Å². The predicted octanol–water partition coefficient (Wildman–Crippen LogP) is 3.73. The number of aromatic hydroxyl groups is 1. The number of phenolic OH excluding ortho intramolecular Hbond substituents is 1. The van der Waals surface area contributed by atoms with Crippen molar-refractivity contribution in [3.05, 3.63) is 102 Å². The van der Waals surface area contributed by atoms with Gasteiger partial charge in [0.1, 0.15) is 11.3 Å². The first-order chi connectivity index (χ1) is 17.1. The van der Waals surface area contributed by atoms with E-state index in [0.717, 1.165) is 38.0 Å². The number of hydrogen-bond acceptors (Lipinski definition) is 4. The maximum atomic E-state index is 14.0. The number of carbonyl (C=O) groups excluding carboxylic acids is 1. The molecule has 1 saturated carbocycles. The largest absolute Gasteiger partial charge is 0.508 e. The molecule has 35 heavy (non-hydrogen) atoms. The van der Waals surface area contributed by atoms with Crippen molar-refractivity contribution in [2.75, 3.05) is 13.1 Å². The van der Waals surface area contributed by atoms with Crippen LogP contribution >= 0.6 is 0 Å². The van der Waals surface area contributed by atoms with Crippen molar-refractivity contribution in [2.24, 2.45) is 17.8 Å². The number of rotatable bonds is 7. The Hall–Kier alpha value is -3.15. The maximum Gasteiger partial charge on any atom is 0.242 e. The Balaban J connectivity index is 1.32. The number of nitrogens with zero attached hydrogens (tertiary/aromatic N) is 1. The normalized spacial score (nSPS) is 29.3. The molecule has 7 rings (SSSR count). The van der Waals surface area contributed by atoms with E-state index in [-0.39, 0.29) is 17.7 Å². The molecule has 1 amide bonds. The van der Waals surface area contributed by atoms with E-state index in [1.165, 1.54) is 11.1 Å². The Morgan fingerprint density at radius 2 is 1.63 bits per heavy atom. The molecule has 180 valence electrons. The number of likely N-dealkylation sites (tertiary alicyclic amines) is 1. The molecule has 5 unspecified atom stereocenters. The molecular formula is C30H33N3O2. The molecule has 3 aromatic carbocycles. The van der Waals surface area contributed by atoms with Crippen molar-refractivity contribution >= 4 is 5.91 Å². The summed E-state index contributed by atoms with van der Waals surface area (Å²) in [7, 11) is 0. The summed E-state index contributed by atoms with van der Waals surface area (Å²) >= 11 is 0. The van der Waals surface area contributed by atoms with Gasteiger partial charge in [-0.1, -0.05) is 72.8 Å². The molecule has 3 aliphatic heterocycles. The van der Waals surface area contributed by atoms with E-state index in [4.69, 9.17) is 0 Å². The Kier molecular flexibility index (Phi) is 5.83. The van der Waals surface area contributed by atoms with Gasteiger partial charge >= 0.3 is 0 Å². The van der Waals surface area contributed by atoms with Gasteiger partial charge < -0.3 is 15.7 Å². The van der Waals surface area contributed by atoms with Crippen molar-refractivity contribution in [3.63, 3.8) is 0 Å². The number of fused-ring (bicyclic) bond motifs is 1. The zero-order valence-corrected chi connectivity index (χ0v) is 19.9. The number of hydrogen-bond donors (Lipinski definition) is 3. The lowest BCUT2D eigenvalue weighted by atomic mass is 9.58. The van der Waals surface area contributed by atoms with Gasteiger partial charge in [0.2, 0.25) is 5.91 Å². The third kappa shape index (κ3) is 4.03. The van der Waals surface area contributed by atoms with Gasteiger partial charge in [-0.25, -0.2) is 0 Å². The monoisotopic (exact) mass is 467 g/mol. The van der Waals surface area contributed by atoms with Crippen molar-refractivity contribution in [3.8, 4) is 5.75 Å². The van der Waals surface area contributed by atoms with Gasteiger partial charge in [0.25, 0.3) is 0 Å². The molecule has 3 aromatic rings. The summed E-state index contributed by atoms with van der Waals surface area (Å²) < 4.78 is 0. The molecule has 4 bridgehead atoms. The van der Waals surface area contributed by atoms with Crippen LogP contribution in [0.2, 0.25) is 0 Å². The van der Waals surface area contributed by atoms with Crippen molar-refractivity contribution in [1.29, 1.82) is 0 Å². The van der Waals surface area contributed by atoms with Crippen LogP contribution in [0.5, 0.6) is 5.75 Å². The van der Waals surface area contributed by atoms with E-state index >= 15 is 0 Å². The first-order valence-corrected chi connectivity index (χ1v) is 12.8. The second-order valence-electron chi connectivity index (χ2n) is 10.5. The zero-order valence-electron chi connectivity index (χ0n) is 19.9. The second kappa shape index (κ2) is 9.14. The predicted molar refractivity (Wildman–Crippen MR) is 137 cm³/mol. The lowest BCUT2D eigenvalue weighted by Crippen LogP contribution is -2.76. The highest BCUT2D eigenvalue weighted by atomic mass is 16.3. The molecule has 0 radical (unpaired) electrons. The third-order valence-electron chi connectivity index (χ3n) is 8.52. The molecule has 4 aliphatic rings. The van der Waals surface area contributed by atoms with Gasteiger partial charge in [-0.15, -0.1) is 0 Å². The van der Waals surface area contributed by atoms with Gasteiger partial charge in [0, 0.05) is 31.6 Å². The van der Waals surface area contributed by atoms with Crippen LogP contribution in [0.3, 0.4) is 0 Å². The number of amides is 1. The number of nitrogens with one attached hydrogen (secondary N) is 2. The molecule has 3 N–H and O–H groups in total. The Bertz CT molecular complexity index is 1170. The fraction of sp³-hybridized carbons (Fsp3) is 0.367. The molecule has 5 atom stereocenters. The van der Waals surface area contributed by atoms with E-state index in [2.05, 4.69) is 58.0 Å². The minimum Gasteiger partial charge on any atom is -0.508 e. The first-order valence-electron chi connectivity index (χ1n) is 12.8. The second-order valence-corrected chi connectivity index (χ2v) is 10.5. The smallest absolute Gasteiger partial charge is 0.242 e. The van der Waals surface area contributed by atoms with Gasteiger partial charge in [0.15, 0.2) is 0 Å². The molecule has 3 saturated heterocycles. The Morgan fingerprint density at radius 1 is 0.943 bits per heavy atom. The Morgan fingerprint density at radius 3 is 2.34 bits per heavy atom. The summed E-state index contributed by atoms with van der Waals surface area (Å²) in [6.07, 6.45) is 2.08. The van der Waals surface area contributed by atoms with Gasteiger partial charge in [-0.05, 0) is 60.0 Å². The summed E-state index contributed by atoms with van der Waals surface area (Å²) in [5.41, 5.74) is 3.07. The summed E-state index contributed by atoms with van der Waals surface area (Å²) in [6, 6.07) is 28.5. The zero-order chi connectivity index (χ0) is 23.8. The molecule has 5 nitrogen and oxygen atoms in total. The molecule has 5 heteroatoms. The lowest BCUT2D eigenvalue weighted by molar-refractivity contribution is -0.138. The average Bonchev–Trinajstić information content (AvgIpc) is 3.15. The van der Waals surface area contributed by atoms with Crippen molar-refractivity contribution in [1.82, 2.24) is 15.5 Å². The fourth-order valence-electron chi connectivity index (χ4n) is 7.01. The molecule has 0 spiro atoms. The van der Waals surface area contributed by atoms with Crippen LogP contribution in [0.25, 0.3) is 0 Å². The van der Waals surface area contributed by atoms with E-state index < -0.39 is 5.54 Å². The minimum atomic E-state index is -0.570. The van der Waals surface area contributed by atoms with Crippen molar-refractivity contribution < 1.29 is 9.90 Å². The Labute approximate surface area is 207 Å². The molecule has 1 aliphatic carbocycles. The van der Waals surface area contributed by atoms with Crippen LogP contribution in [0.4, 0.5) is 0 Å². The number of carbonyl (C=O) groups is 1. The molecular weight excluding hydrogens is 434 g/mol. The van der Waals surface area contributed by atoms with E-state index in [1.807, 2.05) is 30.3 Å². The topological polar surface area (TPSA) is 64.6 Å². The van der Waals surface area contributed by atoms with Crippen LogP contribution in [0.15, 0.2) is 84.9 Å². The highest BCUT2D eigenvalue weighted by molar-refractivity contribution is 5.89. The van der Waals surface area contributed by atoms with Crippen molar-refractivity contribution in [2.45, 2.75) is 37.5 Å². The maximum absolute atomic E-state index is 14.0. The van der Waals surface area contributed by atoms with E-state index in [1.54, 1.807) is 12.1 Å². The fourth-order valence-corrected chi connectivity index (χ4v) is 7.01. The van der Waals surface area contributed by atoms with Crippen LogP contribution < -0.4 is 10.6 Å². The molecule has 4 fully saturated rings. The van der Waals surface area contributed by atoms with Gasteiger partial charge in [-0.3, -0.25) is 9.69 Å². The first kappa shape index (κ1) is 22.3. The van der Waals surface area contributed by atoms with Gasteiger partial charge in [0.05, 0.1) is 0 Å². The summed E-state index contributed by atoms with van der Waals surface area (Å²) in [4.78, 5) is 16.6.